The Balaban J connectivity index is 3.21. The number of hydrogen-bond acceptors (Lipinski definition) is 2. The lowest BCUT2D eigenvalue weighted by atomic mass is 10.0. The van der Waals surface area contributed by atoms with E-state index in [1.807, 2.05) is 6.92 Å². The van der Waals surface area contributed by atoms with E-state index in [1.165, 1.54) is 13.2 Å². The summed E-state index contributed by atoms with van der Waals surface area (Å²) in [6.07, 6.45) is 0. The first kappa shape index (κ1) is 11.3. The highest BCUT2D eigenvalue weighted by atomic mass is 35.5. The predicted molar refractivity (Wildman–Crippen MR) is 55.4 cm³/mol. The molecule has 0 radical (unpaired) electrons. The largest absolute Gasteiger partial charge is 0.494 e. The predicted octanol–water partition coefficient (Wildman–Crippen LogP) is 2.55. The van der Waals surface area contributed by atoms with Gasteiger partial charge in [-0.2, -0.15) is 0 Å². The molecule has 2 nitrogen and oxygen atoms in total. The van der Waals surface area contributed by atoms with Gasteiger partial charge in [0.1, 0.15) is 0 Å². The lowest BCUT2D eigenvalue weighted by Gasteiger charge is -2.13. The number of nitrogens with two attached hydrogens (primary N) is 1. The third kappa shape index (κ3) is 2.16. The fraction of sp³-hybridized carbons (Fsp3) is 0.400. The van der Waals surface area contributed by atoms with Crippen molar-refractivity contribution in [3.05, 3.63) is 28.5 Å². The van der Waals surface area contributed by atoms with Gasteiger partial charge < -0.3 is 10.5 Å². The van der Waals surface area contributed by atoms with Crippen LogP contribution in [0.4, 0.5) is 4.39 Å². The third-order valence-corrected chi connectivity index (χ3v) is 2.35. The van der Waals surface area contributed by atoms with Crippen molar-refractivity contribution in [1.29, 1.82) is 0 Å². The van der Waals surface area contributed by atoms with Crippen LogP contribution in [0.25, 0.3) is 0 Å². The summed E-state index contributed by atoms with van der Waals surface area (Å²) in [5, 5.41) is 0.457. The molecule has 0 aliphatic rings. The Bertz CT molecular complexity index is 330. The van der Waals surface area contributed by atoms with Gasteiger partial charge >= 0.3 is 0 Å². The summed E-state index contributed by atoms with van der Waals surface area (Å²) in [5.74, 6) is -0.287. The van der Waals surface area contributed by atoms with Gasteiger partial charge in [-0.1, -0.05) is 18.5 Å². The monoisotopic (exact) mass is 217 g/mol. The molecule has 0 aliphatic heterocycles. The molecule has 1 rings (SSSR count). The first-order chi connectivity index (χ1) is 6.60. The zero-order valence-corrected chi connectivity index (χ0v) is 8.94. The van der Waals surface area contributed by atoms with E-state index in [-0.39, 0.29) is 17.5 Å². The molecule has 0 spiro atoms. The molecule has 14 heavy (non-hydrogen) atoms. The first-order valence-electron chi connectivity index (χ1n) is 4.33. The molecular weight excluding hydrogens is 205 g/mol. The van der Waals surface area contributed by atoms with Gasteiger partial charge in [0.25, 0.3) is 0 Å². The van der Waals surface area contributed by atoms with Crippen LogP contribution in [-0.2, 0) is 0 Å². The minimum atomic E-state index is -0.380. The molecule has 78 valence electrons. The van der Waals surface area contributed by atoms with Crippen LogP contribution in [0, 0.1) is 5.82 Å². The highest BCUT2D eigenvalue weighted by Gasteiger charge is 2.15. The molecule has 0 saturated carbocycles. The Morgan fingerprint density at radius 2 is 2.21 bits per heavy atom. The second kappa shape index (κ2) is 4.62. The Labute approximate surface area is 87.8 Å². The van der Waals surface area contributed by atoms with Gasteiger partial charge in [-0.15, -0.1) is 0 Å². The summed E-state index contributed by atoms with van der Waals surface area (Å²) >= 11 is 5.81. The summed E-state index contributed by atoms with van der Waals surface area (Å²) in [6, 6.07) is 3.03. The number of halogens is 2. The molecule has 4 heteroatoms. The molecule has 1 unspecified atom stereocenters. The van der Waals surface area contributed by atoms with E-state index in [1.54, 1.807) is 6.07 Å². The van der Waals surface area contributed by atoms with Gasteiger partial charge in [0.2, 0.25) is 0 Å². The van der Waals surface area contributed by atoms with Gasteiger partial charge in [0, 0.05) is 11.1 Å². The number of methoxy groups -OCH3 is 1. The Hall–Kier alpha value is -0.800. The average Bonchev–Trinajstić information content (AvgIpc) is 2.19. The number of hydrogen-bond donors (Lipinski definition) is 1. The van der Waals surface area contributed by atoms with Gasteiger partial charge in [0.05, 0.1) is 7.11 Å². The zero-order chi connectivity index (χ0) is 10.7. The molecule has 0 fully saturated rings. The van der Waals surface area contributed by atoms with Crippen molar-refractivity contribution in [2.45, 2.75) is 12.8 Å². The smallest absolute Gasteiger partial charge is 0.168 e. The Kier molecular flexibility index (Phi) is 3.72. The van der Waals surface area contributed by atoms with Crippen LogP contribution >= 0.6 is 11.6 Å². The lowest BCUT2D eigenvalue weighted by Crippen LogP contribution is -2.11. The first-order valence-corrected chi connectivity index (χ1v) is 4.71. The van der Waals surface area contributed by atoms with Crippen LogP contribution in [-0.4, -0.2) is 13.7 Å². The summed E-state index contributed by atoms with van der Waals surface area (Å²) in [4.78, 5) is 0. The standard InChI is InChI=1S/C10H13ClFNO/c1-6(5-13)8-3-7(11)4-9(14-2)10(8)12/h3-4,6H,5,13H2,1-2H3. The van der Waals surface area contributed by atoms with Crippen molar-refractivity contribution in [2.75, 3.05) is 13.7 Å². The zero-order valence-electron chi connectivity index (χ0n) is 8.18. The minimum absolute atomic E-state index is 0.0670. The SMILES string of the molecule is COc1cc(Cl)cc(C(C)CN)c1F. The molecule has 1 aromatic rings. The molecule has 0 bridgehead atoms. The molecule has 0 amide bonds. The van der Waals surface area contributed by atoms with Crippen LogP contribution < -0.4 is 10.5 Å². The maximum atomic E-state index is 13.7. The lowest BCUT2D eigenvalue weighted by molar-refractivity contribution is 0.383. The fourth-order valence-corrected chi connectivity index (χ4v) is 1.44. The van der Waals surface area contributed by atoms with Crippen LogP contribution in [0.15, 0.2) is 12.1 Å². The normalized spacial score (nSPS) is 12.6. The van der Waals surface area contributed by atoms with Gasteiger partial charge in [-0.05, 0) is 24.1 Å². The van der Waals surface area contributed by atoms with Crippen molar-refractivity contribution >= 4 is 11.6 Å². The fourth-order valence-electron chi connectivity index (χ4n) is 1.22. The quantitative estimate of drug-likeness (QED) is 0.845. The van der Waals surface area contributed by atoms with E-state index in [9.17, 15) is 4.39 Å². The number of rotatable bonds is 3. The van der Waals surface area contributed by atoms with Gasteiger partial charge in [-0.25, -0.2) is 4.39 Å². The van der Waals surface area contributed by atoms with Crippen molar-refractivity contribution in [3.63, 3.8) is 0 Å². The Morgan fingerprint density at radius 3 is 2.71 bits per heavy atom. The second-order valence-electron chi connectivity index (χ2n) is 3.15. The highest BCUT2D eigenvalue weighted by molar-refractivity contribution is 6.30. The maximum absolute atomic E-state index is 13.7. The van der Waals surface area contributed by atoms with Crippen LogP contribution in [0.2, 0.25) is 5.02 Å². The summed E-state index contributed by atoms with van der Waals surface area (Å²) in [6.45, 7) is 2.22. The topological polar surface area (TPSA) is 35.2 Å². The van der Waals surface area contributed by atoms with Crippen LogP contribution in [0.1, 0.15) is 18.4 Å². The van der Waals surface area contributed by atoms with E-state index in [2.05, 4.69) is 0 Å². The third-order valence-electron chi connectivity index (χ3n) is 2.14. The molecule has 0 saturated heterocycles. The number of benzene rings is 1. The van der Waals surface area contributed by atoms with E-state index >= 15 is 0 Å². The van der Waals surface area contributed by atoms with E-state index in [0.717, 1.165) is 0 Å². The van der Waals surface area contributed by atoms with E-state index in [0.29, 0.717) is 17.1 Å². The van der Waals surface area contributed by atoms with Gasteiger partial charge in [-0.3, -0.25) is 0 Å². The molecule has 1 aromatic carbocycles. The summed E-state index contributed by atoms with van der Waals surface area (Å²) in [5.41, 5.74) is 5.96. The molecule has 0 heterocycles. The van der Waals surface area contributed by atoms with E-state index in [4.69, 9.17) is 22.1 Å². The van der Waals surface area contributed by atoms with Crippen LogP contribution in [0.3, 0.4) is 0 Å². The van der Waals surface area contributed by atoms with Gasteiger partial charge in [0.15, 0.2) is 11.6 Å². The molecule has 1 atom stereocenters. The molecule has 2 N–H and O–H groups in total. The highest BCUT2D eigenvalue weighted by Crippen LogP contribution is 2.29. The van der Waals surface area contributed by atoms with Crippen molar-refractivity contribution in [1.82, 2.24) is 0 Å². The summed E-state index contributed by atoms with van der Waals surface area (Å²) in [7, 11) is 1.41. The van der Waals surface area contributed by atoms with Crippen molar-refractivity contribution in [3.8, 4) is 5.75 Å². The maximum Gasteiger partial charge on any atom is 0.168 e. The molecule has 0 aromatic heterocycles. The van der Waals surface area contributed by atoms with Crippen molar-refractivity contribution in [2.24, 2.45) is 5.73 Å². The summed E-state index contributed by atoms with van der Waals surface area (Å²) < 4.78 is 18.5. The number of ether oxygens (including phenoxy) is 1. The molecular formula is C10H13ClFNO. The second-order valence-corrected chi connectivity index (χ2v) is 3.58. The average molecular weight is 218 g/mol. The van der Waals surface area contributed by atoms with Crippen molar-refractivity contribution < 1.29 is 9.13 Å². The minimum Gasteiger partial charge on any atom is -0.494 e. The van der Waals surface area contributed by atoms with Crippen LogP contribution in [0.5, 0.6) is 5.75 Å². The Morgan fingerprint density at radius 1 is 1.57 bits per heavy atom. The molecule has 0 aliphatic carbocycles. The van der Waals surface area contributed by atoms with E-state index < -0.39 is 0 Å².